The summed E-state index contributed by atoms with van der Waals surface area (Å²) in [5, 5.41) is 3.32. The molecular weight excluding hydrogens is 251 g/mol. The molecule has 1 aromatic carbocycles. The lowest BCUT2D eigenvalue weighted by atomic mass is 10.1. The van der Waals surface area contributed by atoms with Crippen LogP contribution in [0.2, 0.25) is 0 Å². The molecule has 1 aromatic rings. The highest BCUT2D eigenvalue weighted by Gasteiger charge is 2.16. The minimum absolute atomic E-state index is 0.212. The molecule has 0 bridgehead atoms. The van der Waals surface area contributed by atoms with Crippen molar-refractivity contribution in [2.45, 2.75) is 25.8 Å². The van der Waals surface area contributed by atoms with Crippen molar-refractivity contribution in [1.29, 1.82) is 0 Å². The number of benzene rings is 1. The van der Waals surface area contributed by atoms with Gasteiger partial charge in [0.2, 0.25) is 5.91 Å². The van der Waals surface area contributed by atoms with Gasteiger partial charge in [0.25, 0.3) is 0 Å². The van der Waals surface area contributed by atoms with Crippen molar-refractivity contribution in [3.63, 3.8) is 0 Å². The molecule has 1 aliphatic heterocycles. The molecule has 0 spiro atoms. The zero-order chi connectivity index (χ0) is 13.1. The largest absolute Gasteiger partial charge is 0.381 e. The second-order valence-corrected chi connectivity index (χ2v) is 5.70. The van der Waals surface area contributed by atoms with Crippen molar-refractivity contribution in [2.24, 2.45) is 5.73 Å². The Kier molecular flexibility index (Phi) is 4.11. The van der Waals surface area contributed by atoms with Crippen LogP contribution in [-0.4, -0.2) is 23.5 Å². The van der Waals surface area contributed by atoms with E-state index in [0.29, 0.717) is 17.3 Å². The Bertz CT molecular complexity index is 459. The van der Waals surface area contributed by atoms with Gasteiger partial charge in [0.1, 0.15) is 5.82 Å². The molecular formula is C13H17FN2OS. The van der Waals surface area contributed by atoms with Crippen LogP contribution in [0.3, 0.4) is 0 Å². The van der Waals surface area contributed by atoms with E-state index in [0.717, 1.165) is 12.2 Å². The summed E-state index contributed by atoms with van der Waals surface area (Å²) in [6.07, 6.45) is 2.24. The number of hydrogen-bond donors (Lipinski definition) is 2. The maximum absolute atomic E-state index is 13.7. The van der Waals surface area contributed by atoms with E-state index in [2.05, 4.69) is 5.32 Å². The molecule has 3 N–H and O–H groups in total. The van der Waals surface area contributed by atoms with E-state index in [-0.39, 0.29) is 5.56 Å². The van der Waals surface area contributed by atoms with E-state index >= 15 is 0 Å². The fraction of sp³-hybridized carbons (Fsp3) is 0.462. The lowest BCUT2D eigenvalue weighted by Gasteiger charge is -2.24. The zero-order valence-corrected chi connectivity index (χ0v) is 11.1. The summed E-state index contributed by atoms with van der Waals surface area (Å²) in [5.41, 5.74) is 6.62. The standard InChI is InChI=1S/C13H17FN2OS/c1-8-11(14)5-9(13(15)17)6-12(8)16-10-3-2-4-18-7-10/h5-6,10,16H,2-4,7H2,1H3,(H2,15,17). The molecule has 0 saturated carbocycles. The minimum Gasteiger partial charge on any atom is -0.381 e. The normalized spacial score (nSPS) is 19.6. The lowest BCUT2D eigenvalue weighted by molar-refractivity contribution is 0.1000. The summed E-state index contributed by atoms with van der Waals surface area (Å²) < 4.78 is 13.7. The predicted octanol–water partition coefficient (Wildman–Crippen LogP) is 2.54. The number of primary amides is 1. The lowest BCUT2D eigenvalue weighted by Crippen LogP contribution is -2.26. The van der Waals surface area contributed by atoms with Gasteiger partial charge in [-0.2, -0.15) is 11.8 Å². The number of nitrogens with one attached hydrogen (secondary N) is 1. The van der Waals surface area contributed by atoms with Crippen LogP contribution in [0.1, 0.15) is 28.8 Å². The molecule has 1 unspecified atom stereocenters. The van der Waals surface area contributed by atoms with Crippen molar-refractivity contribution < 1.29 is 9.18 Å². The van der Waals surface area contributed by atoms with E-state index in [1.54, 1.807) is 13.0 Å². The molecule has 18 heavy (non-hydrogen) atoms. The van der Waals surface area contributed by atoms with Gasteiger partial charge in [-0.3, -0.25) is 4.79 Å². The van der Waals surface area contributed by atoms with E-state index in [4.69, 9.17) is 5.73 Å². The summed E-state index contributed by atoms with van der Waals surface area (Å²) in [6.45, 7) is 1.71. The van der Waals surface area contributed by atoms with Crippen LogP contribution >= 0.6 is 11.8 Å². The second kappa shape index (κ2) is 5.61. The highest BCUT2D eigenvalue weighted by atomic mass is 32.2. The van der Waals surface area contributed by atoms with Crippen LogP contribution < -0.4 is 11.1 Å². The van der Waals surface area contributed by atoms with E-state index in [1.807, 2.05) is 11.8 Å². The van der Waals surface area contributed by atoms with Crippen molar-refractivity contribution in [3.05, 3.63) is 29.1 Å². The molecule has 1 heterocycles. The van der Waals surface area contributed by atoms with Crippen LogP contribution in [0.4, 0.5) is 10.1 Å². The van der Waals surface area contributed by atoms with Gasteiger partial charge in [0.05, 0.1) is 0 Å². The van der Waals surface area contributed by atoms with Gasteiger partial charge in [-0.05, 0) is 37.7 Å². The first-order chi connectivity index (χ1) is 8.58. The van der Waals surface area contributed by atoms with E-state index < -0.39 is 11.7 Å². The molecule has 0 aromatic heterocycles. The average Bonchev–Trinajstić information content (AvgIpc) is 2.35. The maximum Gasteiger partial charge on any atom is 0.248 e. The van der Waals surface area contributed by atoms with Gasteiger partial charge in [-0.1, -0.05) is 0 Å². The van der Waals surface area contributed by atoms with Crippen LogP contribution in [0, 0.1) is 12.7 Å². The third kappa shape index (κ3) is 2.96. The first-order valence-corrected chi connectivity index (χ1v) is 7.17. The fourth-order valence-electron chi connectivity index (χ4n) is 2.05. The molecule has 1 saturated heterocycles. The van der Waals surface area contributed by atoms with Gasteiger partial charge in [0, 0.05) is 28.6 Å². The molecule has 2 rings (SSSR count). The third-order valence-electron chi connectivity index (χ3n) is 3.15. The van der Waals surface area contributed by atoms with Gasteiger partial charge in [-0.25, -0.2) is 4.39 Å². The smallest absolute Gasteiger partial charge is 0.248 e. The number of rotatable bonds is 3. The van der Waals surface area contributed by atoms with E-state index in [1.165, 1.54) is 18.2 Å². The van der Waals surface area contributed by atoms with Gasteiger partial charge in [-0.15, -0.1) is 0 Å². The second-order valence-electron chi connectivity index (χ2n) is 4.55. The fourth-order valence-corrected chi connectivity index (χ4v) is 3.12. The highest BCUT2D eigenvalue weighted by molar-refractivity contribution is 7.99. The van der Waals surface area contributed by atoms with Gasteiger partial charge >= 0.3 is 0 Å². The Balaban J connectivity index is 2.22. The molecule has 0 aliphatic carbocycles. The number of carbonyl (C=O) groups is 1. The maximum atomic E-state index is 13.7. The highest BCUT2D eigenvalue weighted by Crippen LogP contribution is 2.25. The van der Waals surface area contributed by atoms with Gasteiger partial charge < -0.3 is 11.1 Å². The Labute approximate surface area is 110 Å². The van der Waals surface area contributed by atoms with Crippen molar-refractivity contribution in [3.8, 4) is 0 Å². The topological polar surface area (TPSA) is 55.1 Å². The molecule has 3 nitrogen and oxygen atoms in total. The van der Waals surface area contributed by atoms with Crippen LogP contribution in [0.25, 0.3) is 0 Å². The third-order valence-corrected chi connectivity index (χ3v) is 4.36. The van der Waals surface area contributed by atoms with Crippen molar-refractivity contribution in [1.82, 2.24) is 0 Å². The monoisotopic (exact) mass is 268 g/mol. The van der Waals surface area contributed by atoms with Gasteiger partial charge in [0.15, 0.2) is 0 Å². The zero-order valence-electron chi connectivity index (χ0n) is 10.3. The first-order valence-electron chi connectivity index (χ1n) is 6.02. The number of carbonyl (C=O) groups excluding carboxylic acids is 1. The van der Waals surface area contributed by atoms with Crippen molar-refractivity contribution in [2.75, 3.05) is 16.8 Å². The van der Waals surface area contributed by atoms with Crippen molar-refractivity contribution >= 4 is 23.4 Å². The first kappa shape index (κ1) is 13.2. The number of amides is 1. The van der Waals surface area contributed by atoms with Crippen LogP contribution in [0.15, 0.2) is 12.1 Å². The summed E-state index contributed by atoms with van der Waals surface area (Å²) in [4.78, 5) is 11.1. The predicted molar refractivity (Wildman–Crippen MR) is 73.6 cm³/mol. The summed E-state index contributed by atoms with van der Waals surface area (Å²) >= 11 is 1.89. The SMILES string of the molecule is Cc1c(F)cc(C(N)=O)cc1NC1CCCSC1. The summed E-state index contributed by atoms with van der Waals surface area (Å²) in [7, 11) is 0. The molecule has 1 aliphatic rings. The number of nitrogens with two attached hydrogens (primary N) is 1. The van der Waals surface area contributed by atoms with Crippen LogP contribution in [0.5, 0.6) is 0 Å². The summed E-state index contributed by atoms with van der Waals surface area (Å²) in [6, 6.07) is 3.17. The quantitative estimate of drug-likeness (QED) is 0.885. The Morgan fingerprint density at radius 3 is 2.94 bits per heavy atom. The Morgan fingerprint density at radius 1 is 1.56 bits per heavy atom. The summed E-state index contributed by atoms with van der Waals surface area (Å²) in [5.74, 6) is 1.21. The van der Waals surface area contributed by atoms with Crippen LogP contribution in [-0.2, 0) is 0 Å². The number of halogens is 1. The number of anilines is 1. The molecule has 98 valence electrons. The average molecular weight is 268 g/mol. The Hall–Kier alpha value is -1.23. The molecule has 0 radical (unpaired) electrons. The number of hydrogen-bond acceptors (Lipinski definition) is 3. The molecule has 5 heteroatoms. The Morgan fingerprint density at radius 2 is 2.33 bits per heavy atom. The number of thioether (sulfide) groups is 1. The minimum atomic E-state index is -0.602. The molecule has 1 fully saturated rings. The van der Waals surface area contributed by atoms with E-state index in [9.17, 15) is 9.18 Å². The molecule has 1 atom stereocenters. The molecule has 1 amide bonds.